The van der Waals surface area contributed by atoms with Crippen LogP contribution in [0.4, 0.5) is 5.82 Å². The van der Waals surface area contributed by atoms with Gasteiger partial charge in [-0.25, -0.2) is 15.0 Å². The maximum atomic E-state index is 9.57. The normalized spacial score (nSPS) is 22.2. The number of aromatic nitrogens is 4. The van der Waals surface area contributed by atoms with Gasteiger partial charge >= 0.3 is 0 Å². The summed E-state index contributed by atoms with van der Waals surface area (Å²) in [6, 6.07) is 7.85. The minimum absolute atomic E-state index is 0.292. The Bertz CT molecular complexity index is 1320. The smallest absolute Gasteiger partial charge is 0.166 e. The minimum Gasteiger partial charge on any atom is -0.508 e. The lowest BCUT2D eigenvalue weighted by Crippen LogP contribution is -2.16. The molecule has 2 N–H and O–H groups in total. The predicted octanol–water partition coefficient (Wildman–Crippen LogP) is 6.49. The van der Waals surface area contributed by atoms with Gasteiger partial charge in [0, 0.05) is 24.1 Å². The number of imidazole rings is 1. The zero-order valence-electron chi connectivity index (χ0n) is 20.0. The number of hydrogen-bond donors (Lipinski definition) is 2. The molecule has 6 nitrogen and oxygen atoms in total. The number of allylic oxidation sites excluding steroid dienone is 5. The van der Waals surface area contributed by atoms with Crippen molar-refractivity contribution in [1.29, 1.82) is 0 Å². The number of hydrogen-bond acceptors (Lipinski definition) is 6. The Balaban J connectivity index is 1.35. The molecule has 180 valence electrons. The number of nitrogens with zero attached hydrogens (tertiary/aromatic N) is 4. The second kappa shape index (κ2) is 9.53. The summed E-state index contributed by atoms with van der Waals surface area (Å²) in [5.74, 6) is 2.65. The van der Waals surface area contributed by atoms with Crippen LogP contribution in [0.2, 0.25) is 0 Å². The van der Waals surface area contributed by atoms with Gasteiger partial charge in [-0.2, -0.15) is 0 Å². The lowest BCUT2D eigenvalue weighted by Gasteiger charge is -2.24. The second-order valence-corrected chi connectivity index (χ2v) is 10.8. The van der Waals surface area contributed by atoms with E-state index in [1.807, 2.05) is 18.5 Å². The molecule has 3 heterocycles. The van der Waals surface area contributed by atoms with Crippen molar-refractivity contribution in [2.45, 2.75) is 51.5 Å². The molecule has 2 unspecified atom stereocenters. The molecule has 0 saturated heterocycles. The molecule has 0 bridgehead atoms. The summed E-state index contributed by atoms with van der Waals surface area (Å²) in [5.41, 5.74) is 4.17. The van der Waals surface area contributed by atoms with E-state index in [2.05, 4.69) is 40.4 Å². The summed E-state index contributed by atoms with van der Waals surface area (Å²) in [7, 11) is 0. The average Bonchev–Trinajstić information content (AvgIpc) is 3.51. The molecule has 3 aliphatic rings. The Morgan fingerprint density at radius 1 is 1.11 bits per heavy atom. The van der Waals surface area contributed by atoms with Crippen molar-refractivity contribution in [2.75, 3.05) is 11.9 Å². The maximum absolute atomic E-state index is 9.57. The second-order valence-electron chi connectivity index (χ2n) is 9.84. The first-order valence-corrected chi connectivity index (χ1v) is 13.6. The van der Waals surface area contributed by atoms with Gasteiger partial charge in [-0.3, -0.25) is 0 Å². The molecule has 1 fully saturated rings. The van der Waals surface area contributed by atoms with E-state index in [0.717, 1.165) is 35.8 Å². The van der Waals surface area contributed by atoms with Crippen molar-refractivity contribution < 1.29 is 5.11 Å². The fourth-order valence-electron chi connectivity index (χ4n) is 5.53. The number of phenolic OH excluding ortho intramolecular Hbond substituents is 1. The van der Waals surface area contributed by atoms with Crippen molar-refractivity contribution in [3.8, 4) is 5.75 Å². The van der Waals surface area contributed by atoms with E-state index >= 15 is 0 Å². The molecule has 3 aromatic rings. The van der Waals surface area contributed by atoms with Crippen LogP contribution < -0.4 is 5.32 Å². The van der Waals surface area contributed by atoms with Crippen LogP contribution >= 0.6 is 11.8 Å². The molecule has 1 saturated carbocycles. The molecular formula is C28H31N5OS. The Morgan fingerprint density at radius 2 is 1.94 bits per heavy atom. The zero-order chi connectivity index (χ0) is 23.8. The van der Waals surface area contributed by atoms with Gasteiger partial charge < -0.3 is 15.0 Å². The Morgan fingerprint density at radius 3 is 2.77 bits per heavy atom. The van der Waals surface area contributed by atoms with Crippen LogP contribution in [0, 0.1) is 11.8 Å². The van der Waals surface area contributed by atoms with Gasteiger partial charge in [0.15, 0.2) is 17.3 Å². The average molecular weight is 486 g/mol. The molecule has 0 radical (unpaired) electrons. The molecule has 0 amide bonds. The van der Waals surface area contributed by atoms with Crippen LogP contribution in [0.1, 0.15) is 56.5 Å². The van der Waals surface area contributed by atoms with Crippen molar-refractivity contribution in [3.63, 3.8) is 0 Å². The van der Waals surface area contributed by atoms with E-state index in [4.69, 9.17) is 15.0 Å². The third-order valence-corrected chi connectivity index (χ3v) is 8.49. The molecule has 0 spiro atoms. The first-order valence-electron chi connectivity index (χ1n) is 12.7. The summed E-state index contributed by atoms with van der Waals surface area (Å²) in [4.78, 5) is 16.4. The molecule has 1 aromatic carbocycles. The number of phenols is 1. The Hall–Kier alpha value is -3.06. The van der Waals surface area contributed by atoms with Crippen LogP contribution in [-0.2, 0) is 6.42 Å². The number of nitrogens with one attached hydrogen (secondary N) is 1. The van der Waals surface area contributed by atoms with Gasteiger partial charge in [0.05, 0.1) is 6.33 Å². The highest BCUT2D eigenvalue weighted by Gasteiger charge is 2.33. The number of aromatic hydroxyl groups is 1. The fourth-order valence-corrected chi connectivity index (χ4v) is 6.69. The van der Waals surface area contributed by atoms with Gasteiger partial charge in [-0.05, 0) is 53.2 Å². The lowest BCUT2D eigenvalue weighted by atomic mass is 9.84. The van der Waals surface area contributed by atoms with E-state index in [1.165, 1.54) is 48.1 Å². The van der Waals surface area contributed by atoms with E-state index < -0.39 is 0 Å². The summed E-state index contributed by atoms with van der Waals surface area (Å²) < 4.78 is 2.30. The minimum atomic E-state index is 0.292. The largest absolute Gasteiger partial charge is 0.508 e. The van der Waals surface area contributed by atoms with Gasteiger partial charge in [0.2, 0.25) is 0 Å². The molecule has 7 heteroatoms. The number of benzene rings is 1. The van der Waals surface area contributed by atoms with Crippen LogP contribution in [0.25, 0.3) is 16.7 Å². The molecule has 2 aromatic heterocycles. The van der Waals surface area contributed by atoms with Gasteiger partial charge in [-0.1, -0.05) is 56.5 Å². The SMILES string of the molecule is CC1C=CC=C2SC=C(c3nc(NCCc4ccc(O)cc4)c4ncn(C5CCCCC5)c4n3)C21. The van der Waals surface area contributed by atoms with E-state index in [0.29, 0.717) is 23.6 Å². The third-order valence-electron chi connectivity index (χ3n) is 7.45. The molecule has 2 aliphatic carbocycles. The van der Waals surface area contributed by atoms with Crippen LogP contribution in [0.5, 0.6) is 5.75 Å². The summed E-state index contributed by atoms with van der Waals surface area (Å²) >= 11 is 1.80. The summed E-state index contributed by atoms with van der Waals surface area (Å²) in [6.45, 7) is 3.00. The van der Waals surface area contributed by atoms with Gasteiger partial charge in [0.25, 0.3) is 0 Å². The zero-order valence-corrected chi connectivity index (χ0v) is 20.8. The van der Waals surface area contributed by atoms with Gasteiger partial charge in [-0.15, -0.1) is 11.8 Å². The molecule has 6 rings (SSSR count). The first kappa shape index (κ1) is 22.4. The van der Waals surface area contributed by atoms with Crippen LogP contribution in [0.15, 0.2) is 59.1 Å². The van der Waals surface area contributed by atoms with Gasteiger partial charge in [0.1, 0.15) is 11.3 Å². The molecule has 1 aliphatic heterocycles. The van der Waals surface area contributed by atoms with Crippen LogP contribution in [-0.4, -0.2) is 31.2 Å². The monoisotopic (exact) mass is 485 g/mol. The maximum Gasteiger partial charge on any atom is 0.166 e. The van der Waals surface area contributed by atoms with Crippen molar-refractivity contribution in [1.82, 2.24) is 19.5 Å². The van der Waals surface area contributed by atoms with E-state index in [9.17, 15) is 5.11 Å². The van der Waals surface area contributed by atoms with Crippen molar-refractivity contribution >= 4 is 34.3 Å². The Kier molecular flexibility index (Phi) is 6.10. The van der Waals surface area contributed by atoms with E-state index in [1.54, 1.807) is 23.9 Å². The number of anilines is 1. The quantitative estimate of drug-likeness (QED) is 0.416. The highest BCUT2D eigenvalue weighted by atomic mass is 32.2. The summed E-state index contributed by atoms with van der Waals surface area (Å²) in [5, 5.41) is 15.4. The molecule has 2 atom stereocenters. The van der Waals surface area contributed by atoms with Crippen LogP contribution in [0.3, 0.4) is 0 Å². The number of rotatable bonds is 6. The predicted molar refractivity (Wildman–Crippen MR) is 143 cm³/mol. The third kappa shape index (κ3) is 4.38. The topological polar surface area (TPSA) is 75.9 Å². The summed E-state index contributed by atoms with van der Waals surface area (Å²) in [6.07, 6.45) is 15.7. The highest BCUT2D eigenvalue weighted by molar-refractivity contribution is 8.06. The van der Waals surface area contributed by atoms with Crippen molar-refractivity contribution in [2.24, 2.45) is 11.8 Å². The first-order chi connectivity index (χ1) is 17.2. The standard InChI is InChI=1S/C28H31N5OS/c1-18-6-5-9-23-24(18)22(16-35-23)26-31-27(29-15-14-19-10-12-21(34)13-11-19)25-28(32-26)33(17-30-25)20-7-3-2-4-8-20/h5-6,9-13,16-18,20,24,34H,2-4,7-8,14-15H2,1H3,(H,29,31,32). The van der Waals surface area contributed by atoms with Crippen molar-refractivity contribution in [3.05, 3.63) is 70.5 Å². The fraction of sp³-hybridized carbons (Fsp3) is 0.393. The molecular weight excluding hydrogens is 454 g/mol. The lowest BCUT2D eigenvalue weighted by molar-refractivity contribution is 0.358. The highest BCUT2D eigenvalue weighted by Crippen LogP contribution is 2.49. The van der Waals surface area contributed by atoms with E-state index in [-0.39, 0.29) is 0 Å². The number of thioether (sulfide) groups is 1. The Labute approximate surface area is 210 Å². The number of fused-ring (bicyclic) bond motifs is 2. The molecule has 35 heavy (non-hydrogen) atoms.